The summed E-state index contributed by atoms with van der Waals surface area (Å²) in [6, 6.07) is 10.3. The number of nitrogens with one attached hydrogen (secondary N) is 1. The normalized spacial score (nSPS) is 12.3. The summed E-state index contributed by atoms with van der Waals surface area (Å²) in [7, 11) is -3.90. The molecule has 0 aromatic heterocycles. The highest BCUT2D eigenvalue weighted by Gasteiger charge is 2.18. The lowest BCUT2D eigenvalue weighted by atomic mass is 9.87. The summed E-state index contributed by atoms with van der Waals surface area (Å²) >= 11 is 0. The first-order chi connectivity index (χ1) is 12.0. The molecule has 0 saturated carbocycles. The third kappa shape index (κ3) is 4.37. The second kappa shape index (κ2) is 7.12. The Balaban J connectivity index is 2.19. The van der Waals surface area contributed by atoms with Gasteiger partial charge < -0.3 is 5.11 Å². The first kappa shape index (κ1) is 19.4. The first-order valence-corrected chi connectivity index (χ1v) is 9.12. The van der Waals surface area contributed by atoms with Crippen LogP contribution in [0, 0.1) is 10.1 Å². The Morgan fingerprint density at radius 2 is 1.77 bits per heavy atom. The number of rotatable bonds is 5. The van der Waals surface area contributed by atoms with Gasteiger partial charge in [0.05, 0.1) is 16.0 Å². The van der Waals surface area contributed by atoms with E-state index in [9.17, 15) is 23.6 Å². The molecule has 0 aliphatic heterocycles. The Kier molecular flexibility index (Phi) is 5.31. The zero-order chi connectivity index (χ0) is 19.5. The minimum Gasteiger partial charge on any atom is -0.502 e. The van der Waals surface area contributed by atoms with Crippen molar-refractivity contribution in [2.45, 2.75) is 31.1 Å². The summed E-state index contributed by atoms with van der Waals surface area (Å²) in [4.78, 5) is 12.1. The van der Waals surface area contributed by atoms with Crippen molar-refractivity contribution in [3.05, 3.63) is 63.7 Å². The van der Waals surface area contributed by atoms with E-state index in [4.69, 9.17) is 0 Å². The molecule has 0 spiro atoms. The van der Waals surface area contributed by atoms with Crippen LogP contribution in [0.3, 0.4) is 0 Å². The van der Waals surface area contributed by atoms with Crippen LogP contribution in [0.1, 0.15) is 31.9 Å². The number of hydrogen-bond donors (Lipinski definition) is 2. The molecule has 2 N–H and O–H groups in total. The fourth-order valence-electron chi connectivity index (χ4n) is 2.15. The number of nitro benzene ring substituents is 1. The van der Waals surface area contributed by atoms with Gasteiger partial charge in [0.25, 0.3) is 10.0 Å². The first-order valence-electron chi connectivity index (χ1n) is 7.64. The van der Waals surface area contributed by atoms with Crippen molar-refractivity contribution in [2.24, 2.45) is 5.10 Å². The molecule has 2 aromatic rings. The molecular formula is C17H19N3O5S. The van der Waals surface area contributed by atoms with E-state index < -0.39 is 26.4 Å². The number of phenols is 1. The molecule has 0 aliphatic carbocycles. The molecule has 26 heavy (non-hydrogen) atoms. The van der Waals surface area contributed by atoms with Gasteiger partial charge >= 0.3 is 5.69 Å². The lowest BCUT2D eigenvalue weighted by Gasteiger charge is -2.19. The van der Waals surface area contributed by atoms with Gasteiger partial charge in [0, 0.05) is 11.6 Å². The van der Waals surface area contributed by atoms with E-state index in [1.54, 1.807) is 12.1 Å². The van der Waals surface area contributed by atoms with Crippen molar-refractivity contribution >= 4 is 21.9 Å². The lowest BCUT2D eigenvalue weighted by Crippen LogP contribution is -2.19. The number of aromatic hydroxyl groups is 1. The third-order valence-electron chi connectivity index (χ3n) is 3.65. The molecule has 0 heterocycles. The Hall–Kier alpha value is -2.94. The lowest BCUT2D eigenvalue weighted by molar-refractivity contribution is -0.385. The standard InChI is InChI=1S/C17H19N3O5S/c1-17(2,3)13-7-9-14(10-8-13)26(24,25)19-18-11-12-5-4-6-15(16(12)21)20(22)23/h4-11,19,21H,1-3H3/b18-11-. The molecule has 9 heteroatoms. The number of benzene rings is 2. The molecule has 0 amide bonds. The molecule has 0 fully saturated rings. The van der Waals surface area contributed by atoms with Crippen molar-refractivity contribution < 1.29 is 18.4 Å². The molecule has 8 nitrogen and oxygen atoms in total. The van der Waals surface area contributed by atoms with Crippen molar-refractivity contribution in [3.63, 3.8) is 0 Å². The fraction of sp³-hybridized carbons (Fsp3) is 0.235. The van der Waals surface area contributed by atoms with Gasteiger partial charge in [0.1, 0.15) is 0 Å². The highest BCUT2D eigenvalue weighted by atomic mass is 32.2. The molecule has 2 aromatic carbocycles. The van der Waals surface area contributed by atoms with Gasteiger partial charge in [-0.1, -0.05) is 39.0 Å². The van der Waals surface area contributed by atoms with Crippen LogP contribution in [0.25, 0.3) is 0 Å². The van der Waals surface area contributed by atoms with E-state index in [0.29, 0.717) is 0 Å². The van der Waals surface area contributed by atoms with Crippen LogP contribution in [-0.2, 0) is 15.4 Å². The van der Waals surface area contributed by atoms with Crippen LogP contribution >= 0.6 is 0 Å². The second-order valence-electron chi connectivity index (χ2n) is 6.60. The second-order valence-corrected chi connectivity index (χ2v) is 8.26. The SMILES string of the molecule is CC(C)(C)c1ccc(S(=O)(=O)N/N=C\c2cccc([N+](=O)[O-])c2O)cc1. The van der Waals surface area contributed by atoms with E-state index in [1.807, 2.05) is 25.6 Å². The van der Waals surface area contributed by atoms with E-state index in [2.05, 4.69) is 5.10 Å². The highest BCUT2D eigenvalue weighted by molar-refractivity contribution is 7.89. The van der Waals surface area contributed by atoms with Crippen molar-refractivity contribution in [1.82, 2.24) is 4.83 Å². The van der Waals surface area contributed by atoms with E-state index in [1.165, 1.54) is 24.3 Å². The van der Waals surface area contributed by atoms with Gasteiger partial charge in [-0.2, -0.15) is 13.5 Å². The minimum absolute atomic E-state index is 0.0185. The molecule has 0 radical (unpaired) electrons. The summed E-state index contributed by atoms with van der Waals surface area (Å²) in [5.74, 6) is -0.588. The van der Waals surface area contributed by atoms with Crippen LogP contribution in [0.2, 0.25) is 0 Å². The van der Waals surface area contributed by atoms with Crippen LogP contribution < -0.4 is 4.83 Å². The van der Waals surface area contributed by atoms with Gasteiger partial charge in [0.2, 0.25) is 5.75 Å². The maximum atomic E-state index is 12.2. The van der Waals surface area contributed by atoms with Gasteiger partial charge in [0.15, 0.2) is 0 Å². The molecule has 0 bridgehead atoms. The van der Waals surface area contributed by atoms with Crippen LogP contribution in [0.15, 0.2) is 52.5 Å². The Labute approximate surface area is 151 Å². The average molecular weight is 377 g/mol. The number of para-hydroxylation sites is 1. The molecular weight excluding hydrogens is 358 g/mol. The maximum absolute atomic E-state index is 12.2. The van der Waals surface area contributed by atoms with Crippen LogP contribution in [-0.4, -0.2) is 24.7 Å². The molecule has 2 rings (SSSR count). The van der Waals surface area contributed by atoms with Crippen molar-refractivity contribution in [3.8, 4) is 5.75 Å². The van der Waals surface area contributed by atoms with Crippen LogP contribution in [0.5, 0.6) is 5.75 Å². The average Bonchev–Trinajstić information content (AvgIpc) is 2.55. The zero-order valence-electron chi connectivity index (χ0n) is 14.5. The predicted molar refractivity (Wildman–Crippen MR) is 97.8 cm³/mol. The number of phenolic OH excluding ortho intramolecular Hbond substituents is 1. The monoisotopic (exact) mass is 377 g/mol. The number of sulfonamides is 1. The van der Waals surface area contributed by atoms with Crippen molar-refractivity contribution in [2.75, 3.05) is 0 Å². The van der Waals surface area contributed by atoms with Crippen molar-refractivity contribution in [1.29, 1.82) is 0 Å². The van der Waals surface area contributed by atoms with E-state index in [0.717, 1.165) is 17.8 Å². The maximum Gasteiger partial charge on any atom is 0.311 e. The molecule has 0 aliphatic rings. The number of nitro groups is 1. The topological polar surface area (TPSA) is 122 Å². The number of hydrazone groups is 1. The number of nitrogens with zero attached hydrogens (tertiary/aromatic N) is 2. The molecule has 0 unspecified atom stereocenters. The van der Waals surface area contributed by atoms with Gasteiger partial charge in [-0.3, -0.25) is 10.1 Å². The van der Waals surface area contributed by atoms with Gasteiger partial charge in [-0.05, 0) is 29.2 Å². The van der Waals surface area contributed by atoms with E-state index >= 15 is 0 Å². The summed E-state index contributed by atoms with van der Waals surface area (Å²) in [5, 5.41) is 24.2. The number of hydrogen-bond acceptors (Lipinski definition) is 6. The third-order valence-corrected chi connectivity index (χ3v) is 4.89. The molecule has 0 atom stereocenters. The molecule has 138 valence electrons. The predicted octanol–water partition coefficient (Wildman–Crippen LogP) is 2.91. The summed E-state index contributed by atoms with van der Waals surface area (Å²) in [6.07, 6.45) is 1.00. The molecule has 0 saturated heterocycles. The minimum atomic E-state index is -3.90. The van der Waals surface area contributed by atoms with E-state index in [-0.39, 0.29) is 15.9 Å². The zero-order valence-corrected chi connectivity index (χ0v) is 15.3. The largest absolute Gasteiger partial charge is 0.502 e. The fourth-order valence-corrected chi connectivity index (χ4v) is 2.94. The van der Waals surface area contributed by atoms with Crippen LogP contribution in [0.4, 0.5) is 5.69 Å². The summed E-state index contributed by atoms with van der Waals surface area (Å²) in [6.45, 7) is 6.06. The smallest absolute Gasteiger partial charge is 0.311 e. The summed E-state index contributed by atoms with van der Waals surface area (Å²) < 4.78 is 24.5. The summed E-state index contributed by atoms with van der Waals surface area (Å²) in [5.41, 5.74) is 0.411. The highest BCUT2D eigenvalue weighted by Crippen LogP contribution is 2.28. The Morgan fingerprint density at radius 1 is 1.15 bits per heavy atom. The van der Waals surface area contributed by atoms with Gasteiger partial charge in [-0.15, -0.1) is 0 Å². The quantitative estimate of drug-likeness (QED) is 0.471. The Morgan fingerprint density at radius 3 is 2.31 bits per heavy atom. The van der Waals surface area contributed by atoms with Gasteiger partial charge in [-0.25, -0.2) is 4.83 Å². The Bertz CT molecular complexity index is 945.